The molecule has 0 unspecified atom stereocenters. The molecule has 0 saturated heterocycles. The van der Waals surface area contributed by atoms with Gasteiger partial charge < -0.3 is 11.1 Å². The summed E-state index contributed by atoms with van der Waals surface area (Å²) in [5, 5.41) is 3.70. The van der Waals surface area contributed by atoms with Crippen LogP contribution in [-0.2, 0) is 6.54 Å². The van der Waals surface area contributed by atoms with Crippen molar-refractivity contribution in [2.45, 2.75) is 13.5 Å². The average Bonchev–Trinajstić information content (AvgIpc) is 2.63. The monoisotopic (exact) mass is 254 g/mol. The zero-order valence-corrected chi connectivity index (χ0v) is 10.3. The largest absolute Gasteiger partial charge is 0.396 e. The average molecular weight is 255 g/mol. The molecule has 2 heterocycles. The number of nitrogens with zero attached hydrogens (tertiary/aromatic N) is 2. The van der Waals surface area contributed by atoms with E-state index in [1.54, 1.807) is 23.6 Å². The summed E-state index contributed by atoms with van der Waals surface area (Å²) in [5.74, 6) is 0.650. The number of thiazole rings is 1. The number of rotatable bonds is 3. The Morgan fingerprint density at radius 1 is 1.50 bits per heavy atom. The molecule has 0 aliphatic carbocycles. The van der Waals surface area contributed by atoms with Crippen LogP contribution in [-0.4, -0.2) is 9.97 Å². The highest BCUT2D eigenvalue weighted by atomic mass is 35.5. The predicted molar refractivity (Wildman–Crippen MR) is 67.8 cm³/mol. The minimum atomic E-state index is 0.539. The lowest BCUT2D eigenvalue weighted by molar-refractivity contribution is 1.10. The van der Waals surface area contributed by atoms with E-state index in [-0.39, 0.29) is 0 Å². The van der Waals surface area contributed by atoms with Gasteiger partial charge in [0.25, 0.3) is 0 Å². The lowest BCUT2D eigenvalue weighted by atomic mass is 10.3. The van der Waals surface area contributed by atoms with Gasteiger partial charge in [0.15, 0.2) is 0 Å². The van der Waals surface area contributed by atoms with Crippen LogP contribution in [0.15, 0.2) is 17.8 Å². The highest BCUT2D eigenvalue weighted by Gasteiger charge is 2.04. The van der Waals surface area contributed by atoms with Crippen LogP contribution in [0.5, 0.6) is 0 Å². The fourth-order valence-electron chi connectivity index (χ4n) is 1.26. The normalized spacial score (nSPS) is 10.4. The van der Waals surface area contributed by atoms with Crippen molar-refractivity contribution in [2.75, 3.05) is 11.1 Å². The van der Waals surface area contributed by atoms with E-state index in [0.29, 0.717) is 23.1 Å². The van der Waals surface area contributed by atoms with Crippen LogP contribution in [0.25, 0.3) is 0 Å². The van der Waals surface area contributed by atoms with Gasteiger partial charge in [-0.05, 0) is 13.0 Å². The van der Waals surface area contributed by atoms with Crippen molar-refractivity contribution >= 4 is 34.4 Å². The molecule has 0 fully saturated rings. The summed E-state index contributed by atoms with van der Waals surface area (Å²) in [6, 6.07) is 1.68. The van der Waals surface area contributed by atoms with E-state index < -0.39 is 0 Å². The molecule has 0 spiro atoms. The lowest BCUT2D eigenvalue weighted by Gasteiger charge is -2.07. The first-order chi connectivity index (χ1) is 7.66. The highest BCUT2D eigenvalue weighted by Crippen LogP contribution is 2.21. The topological polar surface area (TPSA) is 63.8 Å². The maximum absolute atomic E-state index is 5.78. The molecule has 0 aromatic carbocycles. The van der Waals surface area contributed by atoms with E-state index in [2.05, 4.69) is 15.3 Å². The van der Waals surface area contributed by atoms with Gasteiger partial charge in [-0.25, -0.2) is 9.97 Å². The van der Waals surface area contributed by atoms with E-state index in [0.717, 1.165) is 5.69 Å². The number of hydrogen-bond donors (Lipinski definition) is 2. The Balaban J connectivity index is 2.08. The van der Waals surface area contributed by atoms with Gasteiger partial charge in [-0.3, -0.25) is 0 Å². The van der Waals surface area contributed by atoms with Crippen LogP contribution in [0.2, 0.25) is 5.02 Å². The van der Waals surface area contributed by atoms with Gasteiger partial charge in [0, 0.05) is 11.1 Å². The second-order valence-electron chi connectivity index (χ2n) is 3.31. The zero-order chi connectivity index (χ0) is 11.5. The molecule has 0 radical (unpaired) electrons. The number of aryl methyl sites for hydroxylation is 1. The minimum Gasteiger partial charge on any atom is -0.396 e. The van der Waals surface area contributed by atoms with Gasteiger partial charge in [0.1, 0.15) is 5.82 Å². The second kappa shape index (κ2) is 4.67. The van der Waals surface area contributed by atoms with Gasteiger partial charge in [0.2, 0.25) is 0 Å². The fourth-order valence-corrected chi connectivity index (χ4v) is 2.15. The van der Waals surface area contributed by atoms with E-state index in [4.69, 9.17) is 17.3 Å². The van der Waals surface area contributed by atoms with Crippen molar-refractivity contribution in [1.82, 2.24) is 9.97 Å². The van der Waals surface area contributed by atoms with E-state index >= 15 is 0 Å². The molecule has 6 heteroatoms. The second-order valence-corrected chi connectivity index (χ2v) is 4.68. The number of hydrogen-bond acceptors (Lipinski definition) is 5. The maximum atomic E-state index is 5.78. The number of nitrogens with two attached hydrogens (primary N) is 1. The van der Waals surface area contributed by atoms with Gasteiger partial charge in [-0.1, -0.05) is 11.6 Å². The molecule has 3 N–H and O–H groups in total. The molecule has 0 aliphatic heterocycles. The van der Waals surface area contributed by atoms with Gasteiger partial charge >= 0.3 is 0 Å². The van der Waals surface area contributed by atoms with Crippen molar-refractivity contribution in [2.24, 2.45) is 0 Å². The van der Waals surface area contributed by atoms with Gasteiger partial charge in [-0.15, -0.1) is 11.3 Å². The Labute approximate surface area is 102 Å². The first kappa shape index (κ1) is 11.2. The van der Waals surface area contributed by atoms with Crippen LogP contribution in [0.1, 0.15) is 10.6 Å². The SMILES string of the molecule is Cc1ncsc1CNc1ncc(Cl)cc1N. The van der Waals surface area contributed by atoms with Crippen molar-refractivity contribution < 1.29 is 0 Å². The highest BCUT2D eigenvalue weighted by molar-refractivity contribution is 7.09. The number of nitrogen functional groups attached to an aromatic ring is 1. The molecule has 0 saturated carbocycles. The summed E-state index contributed by atoms with van der Waals surface area (Å²) >= 11 is 7.37. The van der Waals surface area contributed by atoms with Gasteiger partial charge in [-0.2, -0.15) is 0 Å². The summed E-state index contributed by atoms with van der Waals surface area (Å²) in [6.45, 7) is 2.65. The summed E-state index contributed by atoms with van der Waals surface area (Å²) in [4.78, 5) is 9.47. The van der Waals surface area contributed by atoms with Crippen LogP contribution < -0.4 is 11.1 Å². The molecular formula is C10H11ClN4S. The Bertz CT molecular complexity index is 497. The minimum absolute atomic E-state index is 0.539. The number of nitrogens with one attached hydrogen (secondary N) is 1. The quantitative estimate of drug-likeness (QED) is 0.884. The molecule has 16 heavy (non-hydrogen) atoms. The molecule has 0 bridgehead atoms. The van der Waals surface area contributed by atoms with Gasteiger partial charge in [0.05, 0.1) is 28.5 Å². The molecule has 0 atom stereocenters. The summed E-state index contributed by atoms with van der Waals surface area (Å²) in [6.07, 6.45) is 1.57. The summed E-state index contributed by atoms with van der Waals surface area (Å²) in [7, 11) is 0. The molecule has 0 aliphatic rings. The van der Waals surface area contributed by atoms with Crippen LogP contribution in [0, 0.1) is 6.92 Å². The van der Waals surface area contributed by atoms with Crippen LogP contribution >= 0.6 is 22.9 Å². The molecule has 2 rings (SSSR count). The van der Waals surface area contributed by atoms with Crippen molar-refractivity contribution in [3.05, 3.63) is 33.4 Å². The number of anilines is 2. The standard InChI is InChI=1S/C10H11ClN4S/c1-6-9(16-5-15-6)4-14-10-8(12)2-7(11)3-13-10/h2-3,5H,4,12H2,1H3,(H,13,14). The predicted octanol–water partition coefficient (Wildman–Crippen LogP) is 2.69. The molecule has 2 aromatic rings. The van der Waals surface area contributed by atoms with E-state index in [9.17, 15) is 0 Å². The third-order valence-electron chi connectivity index (χ3n) is 2.15. The first-order valence-electron chi connectivity index (χ1n) is 4.70. The smallest absolute Gasteiger partial charge is 0.149 e. The molecule has 0 amide bonds. The van der Waals surface area contributed by atoms with Crippen molar-refractivity contribution in [1.29, 1.82) is 0 Å². The molecule has 84 valence electrons. The fraction of sp³-hybridized carbons (Fsp3) is 0.200. The lowest BCUT2D eigenvalue weighted by Crippen LogP contribution is -2.04. The Kier molecular flexibility index (Phi) is 3.26. The third kappa shape index (κ3) is 2.43. The van der Waals surface area contributed by atoms with Crippen molar-refractivity contribution in [3.63, 3.8) is 0 Å². The van der Waals surface area contributed by atoms with E-state index in [1.807, 2.05) is 12.4 Å². The number of aromatic nitrogens is 2. The van der Waals surface area contributed by atoms with Crippen LogP contribution in [0.4, 0.5) is 11.5 Å². The Hall–Kier alpha value is -1.33. The Morgan fingerprint density at radius 3 is 2.94 bits per heavy atom. The maximum Gasteiger partial charge on any atom is 0.149 e. The Morgan fingerprint density at radius 2 is 2.31 bits per heavy atom. The number of halogens is 1. The van der Waals surface area contributed by atoms with Crippen LogP contribution in [0.3, 0.4) is 0 Å². The zero-order valence-electron chi connectivity index (χ0n) is 8.70. The summed E-state index contributed by atoms with van der Waals surface area (Å²) in [5.41, 5.74) is 9.18. The van der Waals surface area contributed by atoms with Crippen molar-refractivity contribution in [3.8, 4) is 0 Å². The molecule has 4 nitrogen and oxygen atoms in total. The number of pyridine rings is 1. The molecular weight excluding hydrogens is 244 g/mol. The molecule has 2 aromatic heterocycles. The van der Waals surface area contributed by atoms with E-state index in [1.165, 1.54) is 4.88 Å². The first-order valence-corrected chi connectivity index (χ1v) is 5.96. The third-order valence-corrected chi connectivity index (χ3v) is 3.29. The summed E-state index contributed by atoms with van der Waals surface area (Å²) < 4.78 is 0.